The van der Waals surface area contributed by atoms with Crippen molar-refractivity contribution in [2.75, 3.05) is 4.90 Å². The van der Waals surface area contributed by atoms with Gasteiger partial charge in [0.1, 0.15) is 5.69 Å². The zero-order chi connectivity index (χ0) is 17.9. The van der Waals surface area contributed by atoms with Gasteiger partial charge in [0, 0.05) is 12.7 Å². The Morgan fingerprint density at radius 2 is 1.85 bits per heavy atom. The maximum Gasteiger partial charge on any atom is 0.278 e. The van der Waals surface area contributed by atoms with Gasteiger partial charge in [0.15, 0.2) is 5.13 Å². The fourth-order valence-electron chi connectivity index (χ4n) is 2.87. The molecule has 0 fully saturated rings. The van der Waals surface area contributed by atoms with Crippen LogP contribution < -0.4 is 4.90 Å². The first-order chi connectivity index (χ1) is 12.8. The molecule has 0 spiro atoms. The quantitative estimate of drug-likeness (QED) is 0.530. The van der Waals surface area contributed by atoms with E-state index in [4.69, 9.17) is 0 Å². The topological polar surface area (TPSA) is 51.0 Å². The van der Waals surface area contributed by atoms with Gasteiger partial charge in [-0.1, -0.05) is 53.8 Å². The van der Waals surface area contributed by atoms with E-state index in [9.17, 15) is 4.79 Å². The van der Waals surface area contributed by atoms with Crippen LogP contribution in [0.2, 0.25) is 0 Å². The first-order valence-electron chi connectivity index (χ1n) is 8.49. The maximum absolute atomic E-state index is 13.3. The Labute approximate surface area is 155 Å². The van der Waals surface area contributed by atoms with Gasteiger partial charge in [-0.25, -0.2) is 4.98 Å². The van der Waals surface area contributed by atoms with Crippen LogP contribution in [0.5, 0.6) is 0 Å². The highest BCUT2D eigenvalue weighted by atomic mass is 32.1. The standard InChI is InChI=1S/C20H18N4OS/c1-2-24-17(12-13-21-24)19(25)23(14-15-8-4-3-5-9-15)20-22-16-10-6-7-11-18(16)26-20/h3-13H,2,14H2,1H3. The molecular weight excluding hydrogens is 344 g/mol. The molecule has 0 saturated heterocycles. The van der Waals surface area contributed by atoms with Crippen LogP contribution in [0.25, 0.3) is 10.2 Å². The third-order valence-electron chi connectivity index (χ3n) is 4.18. The van der Waals surface area contributed by atoms with E-state index in [0.29, 0.717) is 23.9 Å². The highest BCUT2D eigenvalue weighted by molar-refractivity contribution is 7.22. The minimum Gasteiger partial charge on any atom is -0.278 e. The lowest BCUT2D eigenvalue weighted by molar-refractivity contribution is 0.0975. The average Bonchev–Trinajstić information content (AvgIpc) is 3.32. The zero-order valence-corrected chi connectivity index (χ0v) is 15.2. The molecule has 4 rings (SSSR count). The predicted octanol–water partition coefficient (Wildman–Crippen LogP) is 4.36. The molecule has 0 atom stereocenters. The zero-order valence-electron chi connectivity index (χ0n) is 14.4. The van der Waals surface area contributed by atoms with Gasteiger partial charge in [0.05, 0.1) is 16.8 Å². The number of benzene rings is 2. The molecule has 0 aliphatic heterocycles. The molecule has 0 radical (unpaired) electrons. The summed E-state index contributed by atoms with van der Waals surface area (Å²) in [5.41, 5.74) is 2.53. The number of hydrogen-bond acceptors (Lipinski definition) is 4. The van der Waals surface area contributed by atoms with E-state index in [1.165, 1.54) is 11.3 Å². The number of carbonyl (C=O) groups is 1. The summed E-state index contributed by atoms with van der Waals surface area (Å²) >= 11 is 1.53. The number of nitrogens with zero attached hydrogens (tertiary/aromatic N) is 4. The average molecular weight is 362 g/mol. The fourth-order valence-corrected chi connectivity index (χ4v) is 3.84. The van der Waals surface area contributed by atoms with Crippen LogP contribution in [-0.4, -0.2) is 20.7 Å². The van der Waals surface area contributed by atoms with Crippen LogP contribution in [-0.2, 0) is 13.1 Å². The predicted molar refractivity (Wildman–Crippen MR) is 104 cm³/mol. The third kappa shape index (κ3) is 3.11. The maximum atomic E-state index is 13.3. The van der Waals surface area contributed by atoms with E-state index >= 15 is 0 Å². The van der Waals surface area contributed by atoms with Crippen LogP contribution in [0.3, 0.4) is 0 Å². The number of aryl methyl sites for hydroxylation is 1. The number of aromatic nitrogens is 3. The second-order valence-electron chi connectivity index (χ2n) is 5.87. The molecule has 0 N–H and O–H groups in total. The number of para-hydroxylation sites is 1. The van der Waals surface area contributed by atoms with Gasteiger partial charge in [-0.3, -0.25) is 14.4 Å². The fraction of sp³-hybridized carbons (Fsp3) is 0.150. The van der Waals surface area contributed by atoms with Gasteiger partial charge in [-0.2, -0.15) is 5.10 Å². The van der Waals surface area contributed by atoms with Crippen molar-refractivity contribution in [3.05, 3.63) is 78.1 Å². The second kappa shape index (κ2) is 7.09. The van der Waals surface area contributed by atoms with Crippen molar-refractivity contribution in [3.63, 3.8) is 0 Å². The molecule has 4 aromatic rings. The van der Waals surface area contributed by atoms with E-state index < -0.39 is 0 Å². The number of amides is 1. The smallest absolute Gasteiger partial charge is 0.278 e. The Hall–Kier alpha value is -2.99. The van der Waals surface area contributed by atoms with E-state index in [1.54, 1.807) is 21.8 Å². The summed E-state index contributed by atoms with van der Waals surface area (Å²) in [6.45, 7) is 3.09. The lowest BCUT2D eigenvalue weighted by atomic mass is 10.2. The molecule has 6 heteroatoms. The minimum absolute atomic E-state index is 0.0905. The molecule has 2 aromatic carbocycles. The normalized spacial score (nSPS) is 11.0. The lowest BCUT2D eigenvalue weighted by Crippen LogP contribution is -2.32. The van der Waals surface area contributed by atoms with Gasteiger partial charge in [0.25, 0.3) is 5.91 Å². The number of hydrogen-bond donors (Lipinski definition) is 0. The molecular formula is C20H18N4OS. The summed E-state index contributed by atoms with van der Waals surface area (Å²) in [5.74, 6) is -0.0905. The first kappa shape index (κ1) is 16.5. The van der Waals surface area contributed by atoms with Crippen LogP contribution in [0.4, 0.5) is 5.13 Å². The van der Waals surface area contributed by atoms with Gasteiger partial charge in [-0.15, -0.1) is 0 Å². The minimum atomic E-state index is -0.0905. The SMILES string of the molecule is CCn1nccc1C(=O)N(Cc1ccccc1)c1nc2ccccc2s1. The van der Waals surface area contributed by atoms with Crippen molar-refractivity contribution in [2.45, 2.75) is 20.0 Å². The molecule has 2 aromatic heterocycles. The van der Waals surface area contributed by atoms with Crippen molar-refractivity contribution >= 4 is 32.6 Å². The second-order valence-corrected chi connectivity index (χ2v) is 6.88. The van der Waals surface area contributed by atoms with Gasteiger partial charge in [0.2, 0.25) is 0 Å². The number of thiazole rings is 1. The van der Waals surface area contributed by atoms with Crippen molar-refractivity contribution in [1.29, 1.82) is 0 Å². The molecule has 130 valence electrons. The summed E-state index contributed by atoms with van der Waals surface area (Å²) in [6, 6.07) is 19.7. The Balaban J connectivity index is 1.77. The summed E-state index contributed by atoms with van der Waals surface area (Å²) in [6.07, 6.45) is 1.66. The molecule has 0 unspecified atom stereocenters. The number of carbonyl (C=O) groups excluding carboxylic acids is 1. The van der Waals surface area contributed by atoms with E-state index in [2.05, 4.69) is 10.1 Å². The molecule has 0 bridgehead atoms. The van der Waals surface area contributed by atoms with Crippen molar-refractivity contribution in [2.24, 2.45) is 0 Å². The third-order valence-corrected chi connectivity index (χ3v) is 5.24. The van der Waals surface area contributed by atoms with Gasteiger partial charge < -0.3 is 0 Å². The highest BCUT2D eigenvalue weighted by Crippen LogP contribution is 2.30. The summed E-state index contributed by atoms with van der Waals surface area (Å²) in [7, 11) is 0. The van der Waals surface area contributed by atoms with Crippen molar-refractivity contribution in [3.8, 4) is 0 Å². The lowest BCUT2D eigenvalue weighted by Gasteiger charge is -2.20. The monoisotopic (exact) mass is 362 g/mol. The Kier molecular flexibility index (Phi) is 4.50. The summed E-state index contributed by atoms with van der Waals surface area (Å²) in [4.78, 5) is 19.7. The number of rotatable bonds is 5. The number of anilines is 1. The van der Waals surface area contributed by atoms with E-state index in [-0.39, 0.29) is 5.91 Å². The highest BCUT2D eigenvalue weighted by Gasteiger charge is 2.24. The molecule has 5 nitrogen and oxygen atoms in total. The van der Waals surface area contributed by atoms with Crippen LogP contribution in [0.1, 0.15) is 23.0 Å². The van der Waals surface area contributed by atoms with Crippen molar-refractivity contribution in [1.82, 2.24) is 14.8 Å². The largest absolute Gasteiger partial charge is 0.278 e. The number of fused-ring (bicyclic) bond motifs is 1. The van der Waals surface area contributed by atoms with Crippen LogP contribution in [0.15, 0.2) is 66.9 Å². The molecule has 0 aliphatic rings. The Bertz CT molecular complexity index is 1010. The first-order valence-corrected chi connectivity index (χ1v) is 9.31. The summed E-state index contributed by atoms with van der Waals surface area (Å²) < 4.78 is 2.78. The molecule has 0 saturated carbocycles. The van der Waals surface area contributed by atoms with Gasteiger partial charge >= 0.3 is 0 Å². The van der Waals surface area contributed by atoms with Crippen molar-refractivity contribution < 1.29 is 4.79 Å². The summed E-state index contributed by atoms with van der Waals surface area (Å²) in [5, 5.41) is 4.93. The van der Waals surface area contributed by atoms with E-state index in [1.807, 2.05) is 61.5 Å². The Morgan fingerprint density at radius 3 is 2.62 bits per heavy atom. The Morgan fingerprint density at radius 1 is 1.08 bits per heavy atom. The van der Waals surface area contributed by atoms with Gasteiger partial charge in [-0.05, 0) is 30.7 Å². The van der Waals surface area contributed by atoms with Crippen LogP contribution >= 0.6 is 11.3 Å². The molecule has 26 heavy (non-hydrogen) atoms. The molecule has 2 heterocycles. The van der Waals surface area contributed by atoms with E-state index in [0.717, 1.165) is 15.8 Å². The molecule has 1 amide bonds. The van der Waals surface area contributed by atoms with Crippen LogP contribution in [0, 0.1) is 0 Å². The molecule has 0 aliphatic carbocycles.